The van der Waals surface area contributed by atoms with Crippen LogP contribution in [-0.4, -0.2) is 39.1 Å². The Morgan fingerprint density at radius 2 is 2.04 bits per heavy atom. The predicted molar refractivity (Wildman–Crippen MR) is 108 cm³/mol. The highest BCUT2D eigenvalue weighted by atomic mass is 79.9. The van der Waals surface area contributed by atoms with Crippen LogP contribution in [0.15, 0.2) is 51.8 Å². The molecule has 8 heteroatoms. The summed E-state index contributed by atoms with van der Waals surface area (Å²) < 4.78 is 40.0. The summed E-state index contributed by atoms with van der Waals surface area (Å²) in [7, 11) is -2.21. The molecule has 0 amide bonds. The van der Waals surface area contributed by atoms with Crippen molar-refractivity contribution in [1.29, 1.82) is 5.26 Å². The second-order valence-electron chi connectivity index (χ2n) is 6.52. The molecule has 1 unspecified atom stereocenters. The fraction of sp³-hybridized carbons (Fsp3) is 0.350. The fourth-order valence-electron chi connectivity index (χ4n) is 3.17. The zero-order valence-corrected chi connectivity index (χ0v) is 17.9. The molecule has 148 valence electrons. The molecule has 0 aliphatic carbocycles. The Hall–Kier alpha value is -1.92. The lowest BCUT2D eigenvalue weighted by Gasteiger charge is -2.26. The van der Waals surface area contributed by atoms with E-state index in [1.54, 1.807) is 13.2 Å². The molecule has 3 rings (SSSR count). The molecular weight excluding hydrogens is 444 g/mol. The molecule has 6 nitrogen and oxygen atoms in total. The molecule has 2 aromatic carbocycles. The predicted octanol–water partition coefficient (Wildman–Crippen LogP) is 3.70. The van der Waals surface area contributed by atoms with Crippen molar-refractivity contribution >= 4 is 26.0 Å². The van der Waals surface area contributed by atoms with E-state index < -0.39 is 10.0 Å². The molecule has 0 N–H and O–H groups in total. The summed E-state index contributed by atoms with van der Waals surface area (Å²) in [5.41, 5.74) is 1.17. The maximum atomic E-state index is 13.3. The molecule has 1 aliphatic heterocycles. The maximum absolute atomic E-state index is 13.3. The van der Waals surface area contributed by atoms with E-state index >= 15 is 0 Å². The lowest BCUT2D eigenvalue weighted by molar-refractivity contribution is 0.0924. The third-order valence-electron chi connectivity index (χ3n) is 4.64. The smallest absolute Gasteiger partial charge is 0.243 e. The van der Waals surface area contributed by atoms with Gasteiger partial charge in [0.05, 0.1) is 29.7 Å². The van der Waals surface area contributed by atoms with Crippen LogP contribution in [0.3, 0.4) is 0 Å². The van der Waals surface area contributed by atoms with Gasteiger partial charge >= 0.3 is 0 Å². The van der Waals surface area contributed by atoms with Gasteiger partial charge in [-0.05, 0) is 55.3 Å². The highest BCUT2D eigenvalue weighted by molar-refractivity contribution is 9.10. The summed E-state index contributed by atoms with van der Waals surface area (Å²) in [6, 6.07) is 13.5. The molecule has 1 saturated heterocycles. The van der Waals surface area contributed by atoms with Crippen LogP contribution in [0.25, 0.3) is 0 Å². The van der Waals surface area contributed by atoms with Crippen molar-refractivity contribution in [2.24, 2.45) is 0 Å². The van der Waals surface area contributed by atoms with Gasteiger partial charge < -0.3 is 9.47 Å². The molecule has 1 fully saturated rings. The van der Waals surface area contributed by atoms with Gasteiger partial charge in [-0.3, -0.25) is 0 Å². The van der Waals surface area contributed by atoms with Crippen LogP contribution in [0.4, 0.5) is 0 Å². The zero-order valence-electron chi connectivity index (χ0n) is 15.5. The normalized spacial score (nSPS) is 16.9. The first-order chi connectivity index (χ1) is 13.4. The molecule has 1 heterocycles. The number of halogens is 1. The lowest BCUT2D eigenvalue weighted by Crippen LogP contribution is -2.37. The monoisotopic (exact) mass is 464 g/mol. The molecule has 1 atom stereocenters. The highest BCUT2D eigenvalue weighted by Crippen LogP contribution is 2.28. The number of hydrogen-bond donors (Lipinski definition) is 0. The van der Waals surface area contributed by atoms with Crippen molar-refractivity contribution in [3.05, 3.63) is 58.1 Å². The van der Waals surface area contributed by atoms with Gasteiger partial charge in [-0.15, -0.1) is 0 Å². The van der Waals surface area contributed by atoms with Crippen molar-refractivity contribution < 1.29 is 17.9 Å². The van der Waals surface area contributed by atoms with Gasteiger partial charge in [-0.25, -0.2) is 8.42 Å². The second kappa shape index (κ2) is 9.05. The second-order valence-corrected chi connectivity index (χ2v) is 9.38. The molecule has 0 bridgehead atoms. The van der Waals surface area contributed by atoms with Gasteiger partial charge in [0.25, 0.3) is 0 Å². The molecule has 0 saturated carbocycles. The molecular formula is C20H21BrN2O4S. The van der Waals surface area contributed by atoms with Crippen molar-refractivity contribution in [3.63, 3.8) is 0 Å². The van der Waals surface area contributed by atoms with Gasteiger partial charge in [0.2, 0.25) is 10.0 Å². The SMILES string of the molecule is COc1ccc(Br)cc1CN(CC1CCCO1)S(=O)(=O)c1ccc(C#N)cc1. The largest absolute Gasteiger partial charge is 0.496 e. The number of ether oxygens (including phenoxy) is 2. The van der Waals surface area contributed by atoms with Gasteiger partial charge in [-0.1, -0.05) is 15.9 Å². The van der Waals surface area contributed by atoms with E-state index in [0.717, 1.165) is 22.9 Å². The topological polar surface area (TPSA) is 79.6 Å². The van der Waals surface area contributed by atoms with E-state index in [4.69, 9.17) is 14.7 Å². The minimum atomic E-state index is -3.78. The number of hydrogen-bond acceptors (Lipinski definition) is 5. The van der Waals surface area contributed by atoms with Crippen LogP contribution in [0.1, 0.15) is 24.0 Å². The molecule has 28 heavy (non-hydrogen) atoms. The maximum Gasteiger partial charge on any atom is 0.243 e. The standard InChI is InChI=1S/C20H21BrN2O4S/c1-26-20-9-6-17(21)11-16(20)13-23(14-18-3-2-10-27-18)28(24,25)19-7-4-15(12-22)5-8-19/h4-9,11,18H,2-3,10,13-14H2,1H3. The summed E-state index contributed by atoms with van der Waals surface area (Å²) in [4.78, 5) is 0.151. The van der Waals surface area contributed by atoms with Crippen molar-refractivity contribution in [1.82, 2.24) is 4.31 Å². The summed E-state index contributed by atoms with van der Waals surface area (Å²) in [5.74, 6) is 0.621. The lowest BCUT2D eigenvalue weighted by atomic mass is 10.2. The van der Waals surface area contributed by atoms with Crippen molar-refractivity contribution in [2.45, 2.75) is 30.4 Å². The van der Waals surface area contributed by atoms with E-state index in [0.29, 0.717) is 17.9 Å². The average molecular weight is 465 g/mol. The Labute approximate surface area is 173 Å². The van der Waals surface area contributed by atoms with E-state index in [-0.39, 0.29) is 24.1 Å². The Balaban J connectivity index is 1.96. The molecule has 0 spiro atoms. The summed E-state index contributed by atoms with van der Waals surface area (Å²) >= 11 is 3.44. The number of nitrogens with zero attached hydrogens (tertiary/aromatic N) is 2. The minimum Gasteiger partial charge on any atom is -0.496 e. The van der Waals surface area contributed by atoms with Crippen LogP contribution in [-0.2, 0) is 21.3 Å². The first kappa shape index (κ1) is 20.8. The van der Waals surface area contributed by atoms with Crippen molar-refractivity contribution in [2.75, 3.05) is 20.3 Å². The van der Waals surface area contributed by atoms with E-state index in [1.807, 2.05) is 18.2 Å². The Morgan fingerprint density at radius 1 is 1.29 bits per heavy atom. The first-order valence-corrected chi connectivity index (χ1v) is 11.1. The van der Waals surface area contributed by atoms with Gasteiger partial charge in [-0.2, -0.15) is 9.57 Å². The van der Waals surface area contributed by atoms with Crippen molar-refractivity contribution in [3.8, 4) is 11.8 Å². The van der Waals surface area contributed by atoms with E-state index in [9.17, 15) is 8.42 Å². The van der Waals surface area contributed by atoms with Crippen LogP contribution < -0.4 is 4.74 Å². The first-order valence-electron chi connectivity index (χ1n) is 8.88. The van der Waals surface area contributed by atoms with Gasteiger partial charge in [0.15, 0.2) is 0 Å². The Kier molecular flexibility index (Phi) is 6.73. The highest BCUT2D eigenvalue weighted by Gasteiger charge is 2.30. The van der Waals surface area contributed by atoms with Gasteiger partial charge in [0.1, 0.15) is 5.75 Å². The molecule has 2 aromatic rings. The summed E-state index contributed by atoms with van der Waals surface area (Å²) in [5, 5.41) is 8.96. The van der Waals surface area contributed by atoms with E-state index in [2.05, 4.69) is 15.9 Å². The Morgan fingerprint density at radius 3 is 2.64 bits per heavy atom. The number of nitriles is 1. The van der Waals surface area contributed by atoms with Crippen LogP contribution in [0.2, 0.25) is 0 Å². The average Bonchev–Trinajstić information content (AvgIpc) is 3.21. The number of benzene rings is 2. The number of sulfonamides is 1. The van der Waals surface area contributed by atoms with Gasteiger partial charge in [0, 0.05) is 29.7 Å². The number of rotatable bonds is 7. The van der Waals surface area contributed by atoms with Crippen LogP contribution in [0.5, 0.6) is 5.75 Å². The summed E-state index contributed by atoms with van der Waals surface area (Å²) in [6.45, 7) is 1.07. The fourth-order valence-corrected chi connectivity index (χ4v) is 5.03. The van der Waals surface area contributed by atoms with Crippen LogP contribution >= 0.6 is 15.9 Å². The summed E-state index contributed by atoms with van der Waals surface area (Å²) in [6.07, 6.45) is 1.62. The molecule has 0 radical (unpaired) electrons. The third kappa shape index (κ3) is 4.73. The van der Waals surface area contributed by atoms with Crippen LogP contribution in [0, 0.1) is 11.3 Å². The quantitative estimate of drug-likeness (QED) is 0.623. The van der Waals surface area contributed by atoms with E-state index in [1.165, 1.54) is 28.6 Å². The number of methoxy groups -OCH3 is 1. The molecule has 1 aliphatic rings. The third-order valence-corrected chi connectivity index (χ3v) is 6.96. The molecule has 0 aromatic heterocycles. The zero-order chi connectivity index (χ0) is 20.1. The minimum absolute atomic E-state index is 0.133. The Bertz CT molecular complexity index is 965.